The Morgan fingerprint density at radius 3 is 2.79 bits per heavy atom. The number of nitrogens with one attached hydrogen (secondary N) is 1. The Balaban J connectivity index is 2.24. The van der Waals surface area contributed by atoms with Crippen molar-refractivity contribution in [1.29, 1.82) is 0 Å². The molecule has 5 heteroatoms. The van der Waals surface area contributed by atoms with Crippen LogP contribution in [0, 0.1) is 6.92 Å². The lowest BCUT2D eigenvalue weighted by atomic mass is 10.2. The van der Waals surface area contributed by atoms with Gasteiger partial charge < -0.3 is 15.8 Å². The van der Waals surface area contributed by atoms with E-state index in [-0.39, 0.29) is 5.91 Å². The minimum atomic E-state index is -0.120. The predicted molar refractivity (Wildman–Crippen MR) is 76.1 cm³/mol. The molecule has 0 radical (unpaired) electrons. The monoisotopic (exact) mass is 265 g/mol. The summed E-state index contributed by atoms with van der Waals surface area (Å²) < 4.78 is 5.42. The molecule has 1 amide bonds. The number of pyridine rings is 1. The SMILES string of the molecule is CCCCOCCCNC(=O)c1cc(C)nc(N)c1. The number of amides is 1. The van der Waals surface area contributed by atoms with Gasteiger partial charge in [-0.25, -0.2) is 4.98 Å². The zero-order valence-corrected chi connectivity index (χ0v) is 11.7. The van der Waals surface area contributed by atoms with Crippen molar-refractivity contribution in [3.05, 3.63) is 23.4 Å². The van der Waals surface area contributed by atoms with E-state index in [1.165, 1.54) is 0 Å². The van der Waals surface area contributed by atoms with Crippen LogP contribution >= 0.6 is 0 Å². The van der Waals surface area contributed by atoms with Gasteiger partial charge >= 0.3 is 0 Å². The Labute approximate surface area is 114 Å². The van der Waals surface area contributed by atoms with Gasteiger partial charge in [-0.3, -0.25) is 4.79 Å². The van der Waals surface area contributed by atoms with Crippen molar-refractivity contribution >= 4 is 11.7 Å². The number of aryl methyl sites for hydroxylation is 1. The maximum Gasteiger partial charge on any atom is 0.251 e. The molecule has 0 aliphatic rings. The third-order valence-electron chi connectivity index (χ3n) is 2.63. The molecule has 0 aliphatic heterocycles. The summed E-state index contributed by atoms with van der Waals surface area (Å²) in [7, 11) is 0. The summed E-state index contributed by atoms with van der Waals surface area (Å²) in [6, 6.07) is 3.31. The van der Waals surface area contributed by atoms with Crippen LogP contribution in [0.2, 0.25) is 0 Å². The van der Waals surface area contributed by atoms with Crippen molar-refractivity contribution in [2.45, 2.75) is 33.1 Å². The summed E-state index contributed by atoms with van der Waals surface area (Å²) >= 11 is 0. The fraction of sp³-hybridized carbons (Fsp3) is 0.571. The van der Waals surface area contributed by atoms with E-state index in [4.69, 9.17) is 10.5 Å². The maximum absolute atomic E-state index is 11.8. The lowest BCUT2D eigenvalue weighted by Crippen LogP contribution is -2.25. The van der Waals surface area contributed by atoms with Gasteiger partial charge in [0.1, 0.15) is 5.82 Å². The van der Waals surface area contributed by atoms with Crippen molar-refractivity contribution in [2.24, 2.45) is 0 Å². The highest BCUT2D eigenvalue weighted by Crippen LogP contribution is 2.06. The van der Waals surface area contributed by atoms with E-state index in [0.29, 0.717) is 24.5 Å². The Morgan fingerprint density at radius 1 is 1.37 bits per heavy atom. The van der Waals surface area contributed by atoms with E-state index in [2.05, 4.69) is 17.2 Å². The van der Waals surface area contributed by atoms with E-state index in [1.807, 2.05) is 6.92 Å². The average molecular weight is 265 g/mol. The third kappa shape index (κ3) is 6.20. The highest BCUT2D eigenvalue weighted by molar-refractivity contribution is 5.94. The molecule has 3 N–H and O–H groups in total. The number of hydrogen-bond acceptors (Lipinski definition) is 4. The number of aromatic nitrogens is 1. The van der Waals surface area contributed by atoms with Crippen LogP contribution < -0.4 is 11.1 Å². The highest BCUT2D eigenvalue weighted by atomic mass is 16.5. The van der Waals surface area contributed by atoms with Crippen LogP contribution in [0.4, 0.5) is 5.82 Å². The summed E-state index contributed by atoms with van der Waals surface area (Å²) in [5.74, 6) is 0.249. The van der Waals surface area contributed by atoms with Gasteiger partial charge in [-0.05, 0) is 31.9 Å². The minimum absolute atomic E-state index is 0.120. The molecule has 0 spiro atoms. The molecule has 0 bridgehead atoms. The van der Waals surface area contributed by atoms with Crippen molar-refractivity contribution in [3.63, 3.8) is 0 Å². The van der Waals surface area contributed by atoms with Crippen LogP contribution in [0.25, 0.3) is 0 Å². The van der Waals surface area contributed by atoms with E-state index in [1.54, 1.807) is 12.1 Å². The third-order valence-corrected chi connectivity index (χ3v) is 2.63. The molecule has 0 fully saturated rings. The highest BCUT2D eigenvalue weighted by Gasteiger charge is 2.06. The summed E-state index contributed by atoms with van der Waals surface area (Å²) in [6.45, 7) is 6.02. The fourth-order valence-electron chi connectivity index (χ4n) is 1.65. The molecule has 0 aromatic carbocycles. The van der Waals surface area contributed by atoms with Gasteiger partial charge in [-0.1, -0.05) is 13.3 Å². The lowest BCUT2D eigenvalue weighted by molar-refractivity contribution is 0.0940. The quantitative estimate of drug-likeness (QED) is 0.704. The van der Waals surface area contributed by atoms with E-state index < -0.39 is 0 Å². The molecule has 0 aliphatic carbocycles. The molecule has 0 saturated carbocycles. The van der Waals surface area contributed by atoms with Crippen LogP contribution in [-0.2, 0) is 4.74 Å². The van der Waals surface area contributed by atoms with E-state index in [9.17, 15) is 4.79 Å². The van der Waals surface area contributed by atoms with Crippen molar-refractivity contribution in [2.75, 3.05) is 25.5 Å². The van der Waals surface area contributed by atoms with Crippen molar-refractivity contribution < 1.29 is 9.53 Å². The molecule has 0 unspecified atom stereocenters. The molecule has 1 aromatic heterocycles. The number of anilines is 1. The first-order chi connectivity index (χ1) is 9.13. The van der Waals surface area contributed by atoms with Gasteiger partial charge in [0.2, 0.25) is 0 Å². The smallest absolute Gasteiger partial charge is 0.251 e. The number of carbonyl (C=O) groups is 1. The molecule has 0 atom stereocenters. The summed E-state index contributed by atoms with van der Waals surface area (Å²) in [4.78, 5) is 15.9. The van der Waals surface area contributed by atoms with Crippen LogP contribution in [0.3, 0.4) is 0 Å². The Hall–Kier alpha value is -1.62. The summed E-state index contributed by atoms with van der Waals surface area (Å²) in [6.07, 6.45) is 3.04. The van der Waals surface area contributed by atoms with Gasteiger partial charge in [-0.15, -0.1) is 0 Å². The second-order valence-electron chi connectivity index (χ2n) is 4.50. The first kappa shape index (κ1) is 15.4. The van der Waals surface area contributed by atoms with Gasteiger partial charge in [0.05, 0.1) is 0 Å². The Kier molecular flexibility index (Phi) is 6.89. The predicted octanol–water partition coefficient (Wildman–Crippen LogP) is 1.91. The number of ether oxygens (including phenoxy) is 1. The number of unbranched alkanes of at least 4 members (excludes halogenated alkanes) is 1. The fourth-order valence-corrected chi connectivity index (χ4v) is 1.65. The second kappa shape index (κ2) is 8.48. The number of hydrogen-bond donors (Lipinski definition) is 2. The first-order valence-electron chi connectivity index (χ1n) is 6.73. The Morgan fingerprint density at radius 2 is 2.11 bits per heavy atom. The molecular formula is C14H23N3O2. The number of nitrogen functional groups attached to an aromatic ring is 1. The standard InChI is InChI=1S/C14H23N3O2/c1-3-4-7-19-8-5-6-16-14(18)12-9-11(2)17-13(15)10-12/h9-10H,3-8H2,1-2H3,(H2,15,17)(H,16,18). The topological polar surface area (TPSA) is 77.2 Å². The van der Waals surface area contributed by atoms with Crippen LogP contribution in [0.15, 0.2) is 12.1 Å². The largest absolute Gasteiger partial charge is 0.384 e. The molecule has 0 saturated heterocycles. The van der Waals surface area contributed by atoms with Gasteiger partial charge in [0, 0.05) is 31.0 Å². The van der Waals surface area contributed by atoms with Crippen molar-refractivity contribution in [1.82, 2.24) is 10.3 Å². The molecule has 1 aromatic rings. The van der Waals surface area contributed by atoms with Crippen molar-refractivity contribution in [3.8, 4) is 0 Å². The maximum atomic E-state index is 11.8. The Bertz CT molecular complexity index is 387. The molecule has 106 valence electrons. The van der Waals surface area contributed by atoms with Gasteiger partial charge in [0.15, 0.2) is 0 Å². The van der Waals surface area contributed by atoms with Gasteiger partial charge in [-0.2, -0.15) is 0 Å². The molecule has 1 rings (SSSR count). The molecule has 19 heavy (non-hydrogen) atoms. The molecule has 5 nitrogen and oxygen atoms in total. The number of carbonyl (C=O) groups excluding carboxylic acids is 1. The number of nitrogens with two attached hydrogens (primary N) is 1. The van der Waals surface area contributed by atoms with Gasteiger partial charge in [0.25, 0.3) is 5.91 Å². The van der Waals surface area contributed by atoms with E-state index >= 15 is 0 Å². The summed E-state index contributed by atoms with van der Waals surface area (Å²) in [5.41, 5.74) is 6.91. The van der Waals surface area contributed by atoms with E-state index in [0.717, 1.165) is 31.6 Å². The molecule has 1 heterocycles. The summed E-state index contributed by atoms with van der Waals surface area (Å²) in [5, 5.41) is 2.84. The lowest BCUT2D eigenvalue weighted by Gasteiger charge is -2.07. The zero-order valence-electron chi connectivity index (χ0n) is 11.7. The number of rotatable bonds is 8. The second-order valence-corrected chi connectivity index (χ2v) is 4.50. The first-order valence-corrected chi connectivity index (χ1v) is 6.73. The normalized spacial score (nSPS) is 10.4. The van der Waals surface area contributed by atoms with Crippen LogP contribution in [-0.4, -0.2) is 30.6 Å². The average Bonchev–Trinajstić information content (AvgIpc) is 2.36. The van der Waals surface area contributed by atoms with Crippen LogP contribution in [0.1, 0.15) is 42.2 Å². The van der Waals surface area contributed by atoms with Crippen LogP contribution in [0.5, 0.6) is 0 Å². The molecular weight excluding hydrogens is 242 g/mol. The minimum Gasteiger partial charge on any atom is -0.384 e. The zero-order chi connectivity index (χ0) is 14.1. The number of nitrogens with zero attached hydrogens (tertiary/aromatic N) is 1.